The van der Waals surface area contributed by atoms with Crippen molar-refractivity contribution >= 4 is 0 Å². The van der Waals surface area contributed by atoms with Gasteiger partial charge in [-0.05, 0) is 61.5 Å². The van der Waals surface area contributed by atoms with Gasteiger partial charge in [0.25, 0.3) is 0 Å². The van der Waals surface area contributed by atoms with Crippen LogP contribution >= 0.6 is 0 Å². The second-order valence-corrected chi connectivity index (χ2v) is 8.51. The largest absolute Gasteiger partial charge is 0.193 e. The van der Waals surface area contributed by atoms with Crippen molar-refractivity contribution < 1.29 is 0 Å². The first-order valence-electron chi connectivity index (χ1n) is 11.4. The van der Waals surface area contributed by atoms with Gasteiger partial charge in [-0.2, -0.15) is 5.26 Å². The molecule has 2 rings (SSSR count). The van der Waals surface area contributed by atoms with Crippen molar-refractivity contribution in [3.8, 4) is 6.07 Å². The fourth-order valence-electron chi connectivity index (χ4n) is 4.45. The highest BCUT2D eigenvalue weighted by atomic mass is 14.3. The Labute approximate surface area is 167 Å². The van der Waals surface area contributed by atoms with Crippen molar-refractivity contribution in [2.45, 2.75) is 96.8 Å². The number of nitriles is 1. The Hall–Kier alpha value is -1.55. The van der Waals surface area contributed by atoms with Gasteiger partial charge in [0.15, 0.2) is 0 Å². The van der Waals surface area contributed by atoms with E-state index in [0.29, 0.717) is 0 Å². The number of aryl methyl sites for hydroxylation is 2. The van der Waals surface area contributed by atoms with E-state index in [-0.39, 0.29) is 0 Å². The van der Waals surface area contributed by atoms with E-state index >= 15 is 0 Å². The molecule has 148 valence electrons. The summed E-state index contributed by atoms with van der Waals surface area (Å²) in [6, 6.07) is 11.5. The average Bonchev–Trinajstić information content (AvgIpc) is 2.71. The second kappa shape index (κ2) is 13.6. The number of hydrogen-bond acceptors (Lipinski definition) is 1. The van der Waals surface area contributed by atoms with Crippen LogP contribution < -0.4 is 0 Å². The zero-order chi connectivity index (χ0) is 19.2. The van der Waals surface area contributed by atoms with Crippen molar-refractivity contribution in [3.63, 3.8) is 0 Å². The Morgan fingerprint density at radius 3 is 2.07 bits per heavy atom. The minimum absolute atomic E-state index is 0.890. The van der Waals surface area contributed by atoms with Crippen LogP contribution in [-0.4, -0.2) is 0 Å². The lowest BCUT2D eigenvalue weighted by Crippen LogP contribution is -2.15. The summed E-state index contributed by atoms with van der Waals surface area (Å²) >= 11 is 0. The molecule has 27 heavy (non-hydrogen) atoms. The molecule has 1 aliphatic carbocycles. The molecule has 1 aromatic rings. The van der Waals surface area contributed by atoms with Crippen LogP contribution in [0.1, 0.15) is 95.1 Å². The van der Waals surface area contributed by atoms with Crippen molar-refractivity contribution in [1.29, 1.82) is 5.26 Å². The van der Waals surface area contributed by atoms with Gasteiger partial charge >= 0.3 is 0 Å². The van der Waals surface area contributed by atoms with E-state index in [1.807, 2.05) is 6.08 Å². The molecule has 1 aliphatic rings. The molecule has 0 radical (unpaired) electrons. The summed E-state index contributed by atoms with van der Waals surface area (Å²) in [7, 11) is 0. The summed E-state index contributed by atoms with van der Waals surface area (Å²) in [6.07, 6.45) is 22.3. The molecule has 1 aromatic carbocycles. The van der Waals surface area contributed by atoms with E-state index in [2.05, 4.69) is 37.3 Å². The first-order chi connectivity index (χ1) is 13.3. The van der Waals surface area contributed by atoms with Gasteiger partial charge in [-0.3, -0.25) is 0 Å². The summed E-state index contributed by atoms with van der Waals surface area (Å²) in [4.78, 5) is 0. The zero-order valence-corrected chi connectivity index (χ0v) is 17.5. The topological polar surface area (TPSA) is 23.8 Å². The number of allylic oxidation sites excluding steroid dienone is 2. The van der Waals surface area contributed by atoms with Crippen molar-refractivity contribution in [3.05, 3.63) is 47.5 Å². The van der Waals surface area contributed by atoms with Crippen molar-refractivity contribution in [2.75, 3.05) is 0 Å². The van der Waals surface area contributed by atoms with Crippen molar-refractivity contribution in [2.24, 2.45) is 11.8 Å². The number of unbranched alkanes of at least 4 members (excludes halogenated alkanes) is 4. The molecule has 0 aromatic heterocycles. The van der Waals surface area contributed by atoms with E-state index in [9.17, 15) is 0 Å². The van der Waals surface area contributed by atoms with Gasteiger partial charge in [0.05, 0.1) is 6.07 Å². The minimum Gasteiger partial charge on any atom is -0.193 e. The normalized spacial score (nSPS) is 20.0. The molecule has 0 atom stereocenters. The molecule has 1 fully saturated rings. The SMILES string of the molecule is CCCCCCCc1ccc(CC[C@H]2CC[C@H](CC/C=C/C#N)CC2)cc1. The first kappa shape index (κ1) is 21.7. The molecule has 0 amide bonds. The minimum atomic E-state index is 0.890. The third-order valence-corrected chi connectivity index (χ3v) is 6.33. The van der Waals surface area contributed by atoms with Crippen LogP contribution in [0, 0.1) is 23.2 Å². The van der Waals surface area contributed by atoms with Crippen LogP contribution in [0.25, 0.3) is 0 Å². The summed E-state index contributed by atoms with van der Waals surface area (Å²) in [6.45, 7) is 2.28. The number of nitrogens with zero attached hydrogens (tertiary/aromatic N) is 1. The number of benzene rings is 1. The van der Waals surface area contributed by atoms with Gasteiger partial charge in [0, 0.05) is 6.08 Å². The van der Waals surface area contributed by atoms with E-state index in [1.165, 1.54) is 94.6 Å². The molecule has 0 heterocycles. The summed E-state index contributed by atoms with van der Waals surface area (Å²) in [5, 5.41) is 8.54. The molecule has 1 saturated carbocycles. The summed E-state index contributed by atoms with van der Waals surface area (Å²) in [5.74, 6) is 1.82. The van der Waals surface area contributed by atoms with Crippen LogP contribution in [0.5, 0.6) is 0 Å². The highest BCUT2D eigenvalue weighted by molar-refractivity contribution is 5.22. The van der Waals surface area contributed by atoms with Crippen LogP contribution in [0.2, 0.25) is 0 Å². The van der Waals surface area contributed by atoms with Gasteiger partial charge in [0.1, 0.15) is 0 Å². The Kier molecular flexibility index (Phi) is 10.9. The molecular formula is C26H39N. The van der Waals surface area contributed by atoms with Crippen LogP contribution in [0.15, 0.2) is 36.4 Å². The predicted octanol–water partition coefficient (Wildman–Crippen LogP) is 7.80. The van der Waals surface area contributed by atoms with E-state index in [1.54, 1.807) is 6.08 Å². The zero-order valence-electron chi connectivity index (χ0n) is 17.5. The Balaban J connectivity index is 1.59. The molecule has 0 aliphatic heterocycles. The molecule has 0 bridgehead atoms. The first-order valence-corrected chi connectivity index (χ1v) is 11.4. The second-order valence-electron chi connectivity index (χ2n) is 8.51. The van der Waals surface area contributed by atoms with E-state index in [4.69, 9.17) is 5.26 Å². The van der Waals surface area contributed by atoms with Crippen LogP contribution in [-0.2, 0) is 12.8 Å². The molecule has 0 unspecified atom stereocenters. The van der Waals surface area contributed by atoms with Gasteiger partial charge in [-0.25, -0.2) is 0 Å². The average molecular weight is 366 g/mol. The van der Waals surface area contributed by atoms with Crippen molar-refractivity contribution in [1.82, 2.24) is 0 Å². The molecular weight excluding hydrogens is 326 g/mol. The fraction of sp³-hybridized carbons (Fsp3) is 0.654. The lowest BCUT2D eigenvalue weighted by Gasteiger charge is -2.28. The third-order valence-electron chi connectivity index (χ3n) is 6.33. The lowest BCUT2D eigenvalue weighted by atomic mass is 9.78. The van der Waals surface area contributed by atoms with Crippen LogP contribution in [0.3, 0.4) is 0 Å². The van der Waals surface area contributed by atoms with Crippen LogP contribution in [0.4, 0.5) is 0 Å². The maximum atomic E-state index is 8.54. The molecule has 0 spiro atoms. The third kappa shape index (κ3) is 9.28. The molecule has 1 heteroatoms. The monoisotopic (exact) mass is 365 g/mol. The summed E-state index contributed by atoms with van der Waals surface area (Å²) in [5.41, 5.74) is 3.04. The Morgan fingerprint density at radius 2 is 1.44 bits per heavy atom. The number of rotatable bonds is 12. The lowest BCUT2D eigenvalue weighted by molar-refractivity contribution is 0.254. The fourth-order valence-corrected chi connectivity index (χ4v) is 4.45. The van der Waals surface area contributed by atoms with Gasteiger partial charge in [0.2, 0.25) is 0 Å². The highest BCUT2D eigenvalue weighted by Crippen LogP contribution is 2.34. The quantitative estimate of drug-likeness (QED) is 0.274. The standard InChI is InChI=1S/C26H39N/c1-2-3-4-5-7-10-23-12-16-25(17-13-23)20-21-26-18-14-24(15-19-26)11-8-6-9-22-27/h6,9,12-13,16-17,24,26H,2-5,7-8,10-11,14-15,18-21H2,1H3/b9-6+/t24-,26-. The predicted molar refractivity (Wildman–Crippen MR) is 117 cm³/mol. The molecule has 0 saturated heterocycles. The highest BCUT2D eigenvalue weighted by Gasteiger charge is 2.20. The Morgan fingerprint density at radius 1 is 0.852 bits per heavy atom. The maximum Gasteiger partial charge on any atom is 0.0908 e. The van der Waals surface area contributed by atoms with Gasteiger partial charge in [-0.1, -0.05) is 88.6 Å². The Bertz CT molecular complexity index is 555. The molecule has 0 N–H and O–H groups in total. The summed E-state index contributed by atoms with van der Waals surface area (Å²) < 4.78 is 0. The number of hydrogen-bond donors (Lipinski definition) is 0. The van der Waals surface area contributed by atoms with E-state index in [0.717, 1.165) is 18.3 Å². The smallest absolute Gasteiger partial charge is 0.0908 e. The maximum absolute atomic E-state index is 8.54. The van der Waals surface area contributed by atoms with Gasteiger partial charge in [-0.15, -0.1) is 0 Å². The molecule has 1 nitrogen and oxygen atoms in total. The van der Waals surface area contributed by atoms with Gasteiger partial charge < -0.3 is 0 Å². The van der Waals surface area contributed by atoms with E-state index < -0.39 is 0 Å².